The van der Waals surface area contributed by atoms with Crippen LogP contribution in [0.25, 0.3) is 0 Å². The average Bonchev–Trinajstić information content (AvgIpc) is 1.85. The molecule has 1 rings (SSSR count). The second kappa shape index (κ2) is 1.77. The van der Waals surface area contributed by atoms with Crippen LogP contribution in [0.3, 0.4) is 0 Å². The Labute approximate surface area is 49.3 Å². The zero-order valence-corrected chi connectivity index (χ0v) is 5.27. The fourth-order valence-electron chi connectivity index (χ4n) is 1.08. The largest absolute Gasteiger partial charge is 0.353 e. The SMILES string of the molecule is CC1CC(C)C(=O)N1. The summed E-state index contributed by atoms with van der Waals surface area (Å²) in [6, 6.07) is 0.400. The Kier molecular flexibility index (Phi) is 1.24. The van der Waals surface area contributed by atoms with Crippen LogP contribution >= 0.6 is 0 Å². The predicted octanol–water partition coefficient (Wildman–Crippen LogP) is 0.531. The molecule has 0 aromatic heterocycles. The summed E-state index contributed by atoms with van der Waals surface area (Å²) in [5.41, 5.74) is 0. The molecule has 1 N–H and O–H groups in total. The highest BCUT2D eigenvalue weighted by Crippen LogP contribution is 2.12. The Morgan fingerprint density at radius 3 is 2.38 bits per heavy atom. The van der Waals surface area contributed by atoms with E-state index >= 15 is 0 Å². The van der Waals surface area contributed by atoms with E-state index in [1.165, 1.54) is 0 Å². The molecule has 0 spiro atoms. The van der Waals surface area contributed by atoms with Crippen LogP contribution in [-0.4, -0.2) is 11.9 Å². The van der Waals surface area contributed by atoms with Crippen molar-refractivity contribution in [1.82, 2.24) is 5.32 Å². The summed E-state index contributed by atoms with van der Waals surface area (Å²) < 4.78 is 0. The first-order valence-electron chi connectivity index (χ1n) is 3.00. The van der Waals surface area contributed by atoms with Gasteiger partial charge in [-0.2, -0.15) is 0 Å². The normalized spacial score (nSPS) is 37.5. The van der Waals surface area contributed by atoms with E-state index in [4.69, 9.17) is 0 Å². The van der Waals surface area contributed by atoms with Crippen molar-refractivity contribution >= 4 is 5.91 Å². The number of hydrogen-bond acceptors (Lipinski definition) is 1. The molecule has 0 saturated carbocycles. The molecular weight excluding hydrogens is 102 g/mol. The molecule has 2 atom stereocenters. The van der Waals surface area contributed by atoms with Gasteiger partial charge in [-0.1, -0.05) is 6.92 Å². The number of hydrogen-bond donors (Lipinski definition) is 1. The standard InChI is InChI=1S/C6H11NO/c1-4-3-5(2)7-6(4)8/h4-5H,3H2,1-2H3,(H,7,8). The average molecular weight is 113 g/mol. The van der Waals surface area contributed by atoms with E-state index in [2.05, 4.69) is 5.32 Å². The number of carbonyl (C=O) groups excluding carboxylic acids is 1. The van der Waals surface area contributed by atoms with E-state index < -0.39 is 0 Å². The van der Waals surface area contributed by atoms with Crippen LogP contribution < -0.4 is 5.32 Å². The lowest BCUT2D eigenvalue weighted by Crippen LogP contribution is -2.22. The highest BCUT2D eigenvalue weighted by atomic mass is 16.2. The van der Waals surface area contributed by atoms with E-state index in [1.54, 1.807) is 0 Å². The predicted molar refractivity (Wildman–Crippen MR) is 31.4 cm³/mol. The second-order valence-corrected chi connectivity index (χ2v) is 2.55. The summed E-state index contributed by atoms with van der Waals surface area (Å²) in [7, 11) is 0. The third kappa shape index (κ3) is 0.831. The Bertz CT molecular complexity index is 111. The van der Waals surface area contributed by atoms with E-state index in [-0.39, 0.29) is 11.8 Å². The monoisotopic (exact) mass is 113 g/mol. The summed E-state index contributed by atoms with van der Waals surface area (Å²) >= 11 is 0. The van der Waals surface area contributed by atoms with Gasteiger partial charge >= 0.3 is 0 Å². The first-order valence-corrected chi connectivity index (χ1v) is 3.00. The van der Waals surface area contributed by atoms with Crippen LogP contribution in [-0.2, 0) is 4.79 Å². The number of amides is 1. The molecule has 1 aliphatic rings. The Hall–Kier alpha value is -0.530. The van der Waals surface area contributed by atoms with E-state index in [0.29, 0.717) is 6.04 Å². The second-order valence-electron chi connectivity index (χ2n) is 2.55. The fourth-order valence-corrected chi connectivity index (χ4v) is 1.08. The maximum Gasteiger partial charge on any atom is 0.223 e. The van der Waals surface area contributed by atoms with Crippen LogP contribution in [0.1, 0.15) is 20.3 Å². The van der Waals surface area contributed by atoms with Crippen molar-refractivity contribution in [2.75, 3.05) is 0 Å². The fraction of sp³-hybridized carbons (Fsp3) is 0.833. The minimum Gasteiger partial charge on any atom is -0.353 e. The van der Waals surface area contributed by atoms with Crippen LogP contribution in [0, 0.1) is 5.92 Å². The van der Waals surface area contributed by atoms with Crippen molar-refractivity contribution in [2.45, 2.75) is 26.3 Å². The molecule has 8 heavy (non-hydrogen) atoms. The Balaban J connectivity index is 2.51. The summed E-state index contributed by atoms with van der Waals surface area (Å²) in [6.07, 6.45) is 0.999. The van der Waals surface area contributed by atoms with Gasteiger partial charge < -0.3 is 5.32 Å². The number of nitrogens with one attached hydrogen (secondary N) is 1. The first kappa shape index (κ1) is 5.60. The molecule has 2 unspecified atom stereocenters. The van der Waals surface area contributed by atoms with Crippen molar-refractivity contribution in [1.29, 1.82) is 0 Å². The van der Waals surface area contributed by atoms with Gasteiger partial charge in [0.05, 0.1) is 0 Å². The van der Waals surface area contributed by atoms with Crippen molar-refractivity contribution in [3.05, 3.63) is 0 Å². The van der Waals surface area contributed by atoms with Gasteiger partial charge in [-0.3, -0.25) is 4.79 Å². The minimum atomic E-state index is 0.206. The maximum absolute atomic E-state index is 10.7. The third-order valence-electron chi connectivity index (χ3n) is 1.54. The summed E-state index contributed by atoms with van der Waals surface area (Å²) in [4.78, 5) is 10.7. The highest BCUT2D eigenvalue weighted by Gasteiger charge is 2.24. The highest BCUT2D eigenvalue weighted by molar-refractivity contribution is 5.80. The number of rotatable bonds is 0. The smallest absolute Gasteiger partial charge is 0.223 e. The summed E-state index contributed by atoms with van der Waals surface area (Å²) in [6.45, 7) is 3.99. The first-order chi connectivity index (χ1) is 3.70. The molecule has 0 radical (unpaired) electrons. The molecule has 46 valence electrons. The van der Waals surface area contributed by atoms with Gasteiger partial charge in [-0.15, -0.1) is 0 Å². The van der Waals surface area contributed by atoms with Crippen LogP contribution in [0.15, 0.2) is 0 Å². The summed E-state index contributed by atoms with van der Waals surface area (Å²) in [5.74, 6) is 0.447. The molecule has 0 aromatic rings. The third-order valence-corrected chi connectivity index (χ3v) is 1.54. The van der Waals surface area contributed by atoms with Crippen LogP contribution in [0.2, 0.25) is 0 Å². The topological polar surface area (TPSA) is 29.1 Å². The van der Waals surface area contributed by atoms with Crippen LogP contribution in [0.4, 0.5) is 0 Å². The van der Waals surface area contributed by atoms with Gasteiger partial charge in [0.2, 0.25) is 5.91 Å². The van der Waals surface area contributed by atoms with Gasteiger partial charge in [0.25, 0.3) is 0 Å². The van der Waals surface area contributed by atoms with E-state index in [0.717, 1.165) is 6.42 Å². The minimum absolute atomic E-state index is 0.206. The molecule has 1 heterocycles. The quantitative estimate of drug-likeness (QED) is 0.488. The lowest BCUT2D eigenvalue weighted by Gasteiger charge is -1.95. The zero-order chi connectivity index (χ0) is 6.15. The van der Waals surface area contributed by atoms with E-state index in [9.17, 15) is 4.79 Å². The maximum atomic E-state index is 10.7. The molecule has 1 amide bonds. The molecule has 1 saturated heterocycles. The Morgan fingerprint density at radius 2 is 2.25 bits per heavy atom. The van der Waals surface area contributed by atoms with Gasteiger partial charge in [-0.25, -0.2) is 0 Å². The molecule has 1 aliphatic heterocycles. The van der Waals surface area contributed by atoms with Crippen molar-refractivity contribution < 1.29 is 4.79 Å². The lowest BCUT2D eigenvalue weighted by atomic mass is 10.1. The zero-order valence-electron chi connectivity index (χ0n) is 5.27. The van der Waals surface area contributed by atoms with Crippen molar-refractivity contribution in [3.8, 4) is 0 Å². The molecule has 2 nitrogen and oxygen atoms in total. The molecule has 0 aliphatic carbocycles. The van der Waals surface area contributed by atoms with Gasteiger partial charge in [-0.05, 0) is 13.3 Å². The molecule has 0 bridgehead atoms. The van der Waals surface area contributed by atoms with Gasteiger partial charge in [0, 0.05) is 12.0 Å². The summed E-state index contributed by atoms with van der Waals surface area (Å²) in [5, 5.41) is 2.83. The van der Waals surface area contributed by atoms with Crippen LogP contribution in [0.5, 0.6) is 0 Å². The lowest BCUT2D eigenvalue weighted by molar-refractivity contribution is -0.122. The van der Waals surface area contributed by atoms with Crippen molar-refractivity contribution in [3.63, 3.8) is 0 Å². The Morgan fingerprint density at radius 1 is 1.62 bits per heavy atom. The molecule has 2 heteroatoms. The van der Waals surface area contributed by atoms with Gasteiger partial charge in [0.1, 0.15) is 0 Å². The molecule has 1 fully saturated rings. The molecule has 0 aromatic carbocycles. The van der Waals surface area contributed by atoms with Gasteiger partial charge in [0.15, 0.2) is 0 Å². The van der Waals surface area contributed by atoms with E-state index in [1.807, 2.05) is 13.8 Å². The number of carbonyl (C=O) groups is 1. The van der Waals surface area contributed by atoms with Crippen molar-refractivity contribution in [2.24, 2.45) is 5.92 Å². The molecular formula is C6H11NO.